The molecule has 2 N–H and O–H groups in total. The number of anilines is 2. The predicted molar refractivity (Wildman–Crippen MR) is 109 cm³/mol. The van der Waals surface area contributed by atoms with Gasteiger partial charge in [0.2, 0.25) is 0 Å². The summed E-state index contributed by atoms with van der Waals surface area (Å²) in [5, 5.41) is 4.80. The summed E-state index contributed by atoms with van der Waals surface area (Å²) in [4.78, 5) is 7.49. The van der Waals surface area contributed by atoms with Gasteiger partial charge in [0.05, 0.1) is 0 Å². The fourth-order valence-electron chi connectivity index (χ4n) is 3.35. The molecule has 0 saturated carbocycles. The zero-order chi connectivity index (χ0) is 17.8. The summed E-state index contributed by atoms with van der Waals surface area (Å²) in [6.45, 7) is 2.06. The van der Waals surface area contributed by atoms with Gasteiger partial charge in [-0.3, -0.25) is 4.98 Å². The molecule has 0 saturated heterocycles. The van der Waals surface area contributed by atoms with Crippen LogP contribution >= 0.6 is 0 Å². The van der Waals surface area contributed by atoms with Crippen LogP contribution in [-0.2, 0) is 12.8 Å². The summed E-state index contributed by atoms with van der Waals surface area (Å²) in [5.74, 6) is 0. The summed E-state index contributed by atoms with van der Waals surface area (Å²) in [6, 6.07) is 19.3. The van der Waals surface area contributed by atoms with E-state index in [4.69, 9.17) is 0 Å². The molecule has 0 aliphatic carbocycles. The van der Waals surface area contributed by atoms with Crippen LogP contribution in [0.15, 0.2) is 73.2 Å². The molecule has 0 bridgehead atoms. The lowest BCUT2D eigenvalue weighted by atomic mass is 10.0. The van der Waals surface area contributed by atoms with Gasteiger partial charge in [0.15, 0.2) is 0 Å². The number of hydrogen-bond donors (Lipinski definition) is 2. The number of pyridine rings is 1. The second-order valence-electron chi connectivity index (χ2n) is 6.73. The number of para-hydroxylation sites is 1. The molecule has 0 spiro atoms. The van der Waals surface area contributed by atoms with E-state index in [1.54, 1.807) is 0 Å². The maximum atomic E-state index is 4.13. The molecule has 26 heavy (non-hydrogen) atoms. The van der Waals surface area contributed by atoms with Crippen LogP contribution in [0.4, 0.5) is 11.4 Å². The first kappa shape index (κ1) is 16.4. The van der Waals surface area contributed by atoms with Crippen LogP contribution in [0.25, 0.3) is 10.9 Å². The zero-order valence-corrected chi connectivity index (χ0v) is 15.0. The topological polar surface area (TPSA) is 40.7 Å². The molecule has 4 rings (SSSR count). The highest BCUT2D eigenvalue weighted by atomic mass is 14.9. The third-order valence-corrected chi connectivity index (χ3v) is 4.84. The van der Waals surface area contributed by atoms with Gasteiger partial charge >= 0.3 is 0 Å². The molecule has 4 aromatic rings. The van der Waals surface area contributed by atoms with E-state index in [9.17, 15) is 0 Å². The van der Waals surface area contributed by atoms with Crippen molar-refractivity contribution in [2.75, 3.05) is 5.32 Å². The van der Waals surface area contributed by atoms with E-state index in [1.807, 2.05) is 18.5 Å². The molecule has 0 radical (unpaired) electrons. The van der Waals surface area contributed by atoms with Crippen LogP contribution in [0.2, 0.25) is 0 Å². The van der Waals surface area contributed by atoms with Crippen LogP contribution in [0.5, 0.6) is 0 Å². The molecule has 0 unspecified atom stereocenters. The minimum Gasteiger partial charge on any atom is -0.361 e. The summed E-state index contributed by atoms with van der Waals surface area (Å²) in [7, 11) is 0. The largest absolute Gasteiger partial charge is 0.361 e. The molecule has 3 nitrogen and oxygen atoms in total. The van der Waals surface area contributed by atoms with Gasteiger partial charge in [0.1, 0.15) is 0 Å². The molecule has 0 aliphatic heterocycles. The quantitative estimate of drug-likeness (QED) is 0.466. The highest BCUT2D eigenvalue weighted by molar-refractivity contribution is 5.83. The van der Waals surface area contributed by atoms with Crippen molar-refractivity contribution in [3.63, 3.8) is 0 Å². The molecule has 0 fully saturated rings. The number of benzene rings is 2. The normalized spacial score (nSPS) is 11.0. The van der Waals surface area contributed by atoms with E-state index in [2.05, 4.69) is 76.9 Å². The van der Waals surface area contributed by atoms with E-state index in [1.165, 1.54) is 22.0 Å². The Morgan fingerprint density at radius 3 is 2.65 bits per heavy atom. The van der Waals surface area contributed by atoms with Gasteiger partial charge in [-0.25, -0.2) is 0 Å². The fraction of sp³-hybridized carbons (Fsp3) is 0.174. The van der Waals surface area contributed by atoms with Crippen LogP contribution in [-0.4, -0.2) is 9.97 Å². The van der Waals surface area contributed by atoms with E-state index < -0.39 is 0 Å². The summed E-state index contributed by atoms with van der Waals surface area (Å²) in [5.41, 5.74) is 7.38. The maximum absolute atomic E-state index is 4.13. The first-order valence-electron chi connectivity index (χ1n) is 9.11. The third kappa shape index (κ3) is 3.62. The molecular formula is C23H23N3. The molecule has 2 aromatic heterocycles. The number of aromatic amines is 1. The van der Waals surface area contributed by atoms with Gasteiger partial charge < -0.3 is 10.3 Å². The van der Waals surface area contributed by atoms with Crippen molar-refractivity contribution in [1.29, 1.82) is 0 Å². The number of fused-ring (bicyclic) bond motifs is 1. The Kier molecular flexibility index (Phi) is 4.69. The lowest BCUT2D eigenvalue weighted by Crippen LogP contribution is -1.94. The third-order valence-electron chi connectivity index (χ3n) is 4.84. The van der Waals surface area contributed by atoms with Crippen molar-refractivity contribution in [2.24, 2.45) is 0 Å². The van der Waals surface area contributed by atoms with Crippen LogP contribution in [0.1, 0.15) is 23.1 Å². The first-order chi connectivity index (χ1) is 12.8. The monoisotopic (exact) mass is 341 g/mol. The van der Waals surface area contributed by atoms with Crippen molar-refractivity contribution < 1.29 is 0 Å². The van der Waals surface area contributed by atoms with Gasteiger partial charge in [-0.1, -0.05) is 30.3 Å². The highest BCUT2D eigenvalue weighted by Crippen LogP contribution is 2.22. The molecular weight excluding hydrogens is 318 g/mol. The van der Waals surface area contributed by atoms with Crippen LogP contribution in [0.3, 0.4) is 0 Å². The Morgan fingerprint density at radius 1 is 0.962 bits per heavy atom. The fourth-order valence-corrected chi connectivity index (χ4v) is 3.35. The second-order valence-corrected chi connectivity index (χ2v) is 6.73. The number of aromatic nitrogens is 2. The number of hydrogen-bond acceptors (Lipinski definition) is 2. The number of H-pyrrole nitrogens is 1. The van der Waals surface area contributed by atoms with Crippen molar-refractivity contribution in [3.05, 3.63) is 89.9 Å². The van der Waals surface area contributed by atoms with E-state index in [0.29, 0.717) is 0 Å². The number of aryl methyl sites for hydroxylation is 3. The Labute approximate surface area is 154 Å². The Bertz CT molecular complexity index is 999. The number of nitrogens with zero attached hydrogens (tertiary/aromatic N) is 1. The standard InChI is InChI=1S/C23H23N3/c1-17-15-24-14-13-22(17)26-20-11-9-18(10-12-20)5-4-6-19-16-25-23-8-3-2-7-21(19)23/h2-3,7-16,25H,4-6H2,1H3,(H,24,26). The average Bonchev–Trinajstić information content (AvgIpc) is 3.08. The molecule has 130 valence electrons. The van der Waals surface area contributed by atoms with Crippen molar-refractivity contribution in [2.45, 2.75) is 26.2 Å². The van der Waals surface area contributed by atoms with Gasteiger partial charge in [0.25, 0.3) is 0 Å². The Morgan fingerprint density at radius 2 is 1.81 bits per heavy atom. The molecule has 3 heteroatoms. The first-order valence-corrected chi connectivity index (χ1v) is 9.11. The molecule has 2 heterocycles. The van der Waals surface area contributed by atoms with Gasteiger partial charge in [-0.2, -0.15) is 0 Å². The smallest absolute Gasteiger partial charge is 0.0456 e. The molecule has 0 atom stereocenters. The average molecular weight is 341 g/mol. The zero-order valence-electron chi connectivity index (χ0n) is 15.0. The Balaban J connectivity index is 1.35. The van der Waals surface area contributed by atoms with Crippen molar-refractivity contribution >= 4 is 22.3 Å². The minimum absolute atomic E-state index is 1.09. The second kappa shape index (κ2) is 7.44. The Hall–Kier alpha value is -3.07. The SMILES string of the molecule is Cc1cnccc1Nc1ccc(CCCc2c[nH]c3ccccc23)cc1. The highest BCUT2D eigenvalue weighted by Gasteiger charge is 2.03. The summed E-state index contributed by atoms with van der Waals surface area (Å²) >= 11 is 0. The van der Waals surface area contributed by atoms with Crippen LogP contribution < -0.4 is 5.32 Å². The molecule has 2 aromatic carbocycles. The van der Waals surface area contributed by atoms with E-state index in [-0.39, 0.29) is 0 Å². The summed E-state index contributed by atoms with van der Waals surface area (Å²) < 4.78 is 0. The van der Waals surface area contributed by atoms with E-state index in [0.717, 1.165) is 36.2 Å². The van der Waals surface area contributed by atoms with Crippen LogP contribution in [0, 0.1) is 6.92 Å². The minimum atomic E-state index is 1.09. The van der Waals surface area contributed by atoms with Crippen molar-refractivity contribution in [1.82, 2.24) is 9.97 Å². The predicted octanol–water partition coefficient (Wildman–Crippen LogP) is 5.79. The summed E-state index contributed by atoms with van der Waals surface area (Å²) in [6.07, 6.45) is 9.18. The van der Waals surface area contributed by atoms with Gasteiger partial charge in [-0.15, -0.1) is 0 Å². The van der Waals surface area contributed by atoms with Gasteiger partial charge in [0, 0.05) is 40.9 Å². The van der Waals surface area contributed by atoms with Gasteiger partial charge in [-0.05, 0) is 67.1 Å². The lowest BCUT2D eigenvalue weighted by Gasteiger charge is -2.09. The molecule has 0 aliphatic rings. The lowest BCUT2D eigenvalue weighted by molar-refractivity contribution is 0.825. The number of nitrogens with one attached hydrogen (secondary N) is 2. The van der Waals surface area contributed by atoms with Crippen molar-refractivity contribution in [3.8, 4) is 0 Å². The van der Waals surface area contributed by atoms with E-state index >= 15 is 0 Å². The molecule has 0 amide bonds. The maximum Gasteiger partial charge on any atom is 0.0456 e. The number of rotatable bonds is 6.